The first-order valence-corrected chi connectivity index (χ1v) is 15.0. The van der Waals surface area contributed by atoms with Gasteiger partial charge in [0, 0.05) is 0 Å². The van der Waals surface area contributed by atoms with Crippen molar-refractivity contribution in [2.24, 2.45) is 11.8 Å². The first-order valence-electron chi connectivity index (χ1n) is 9.97. The third-order valence-corrected chi connectivity index (χ3v) is 20.1. The van der Waals surface area contributed by atoms with Crippen molar-refractivity contribution in [1.29, 1.82) is 0 Å². The van der Waals surface area contributed by atoms with Crippen LogP contribution in [0.1, 0.15) is 69.2 Å². The predicted octanol–water partition coefficient (Wildman–Crippen LogP) is 7.47. The van der Waals surface area contributed by atoms with Crippen molar-refractivity contribution in [1.82, 2.24) is 0 Å². The average molecular weight is 397 g/mol. The van der Waals surface area contributed by atoms with Gasteiger partial charge < -0.3 is 0 Å². The Balaban J connectivity index is 2.30. The first-order chi connectivity index (χ1) is 11.5. The van der Waals surface area contributed by atoms with E-state index in [1.165, 1.54) is 10.5 Å². The zero-order chi connectivity index (χ0) is 18.8. The van der Waals surface area contributed by atoms with Gasteiger partial charge >= 0.3 is 158 Å². The van der Waals surface area contributed by atoms with E-state index < -0.39 is 13.3 Å². The van der Waals surface area contributed by atoms with Gasteiger partial charge in [-0.15, -0.1) is 0 Å². The fraction of sp³-hybridized carbons (Fsp3) is 0.583. The number of rotatable bonds is 2. The minimum atomic E-state index is -2.41. The molecule has 0 aromatic rings. The quantitative estimate of drug-likeness (QED) is 0.335. The summed E-state index contributed by atoms with van der Waals surface area (Å²) in [6, 6.07) is 0. The SMILES string of the molecule is CC1=C(C)[CH2][Ge]([C]2=C(C)C(C)C(C)=C2C)([C]2=C(C)C(C)C(C)=C2C)[CH2]1. The van der Waals surface area contributed by atoms with E-state index in [1.54, 1.807) is 44.6 Å². The minimum absolute atomic E-state index is 0.642. The molecule has 0 N–H and O–H groups in total. The molecule has 25 heavy (non-hydrogen) atoms. The van der Waals surface area contributed by atoms with Crippen LogP contribution in [0.15, 0.2) is 53.4 Å². The van der Waals surface area contributed by atoms with Gasteiger partial charge in [-0.3, -0.25) is 0 Å². The van der Waals surface area contributed by atoms with Crippen molar-refractivity contribution in [3.8, 4) is 0 Å². The second-order valence-electron chi connectivity index (χ2n) is 9.17. The fourth-order valence-corrected chi connectivity index (χ4v) is 21.2. The van der Waals surface area contributed by atoms with Gasteiger partial charge in [-0.2, -0.15) is 0 Å². The van der Waals surface area contributed by atoms with E-state index in [1.807, 2.05) is 8.81 Å². The van der Waals surface area contributed by atoms with Crippen LogP contribution in [0.2, 0.25) is 10.5 Å². The summed E-state index contributed by atoms with van der Waals surface area (Å²) in [5.41, 5.74) is 13.3. The number of hydrogen-bond acceptors (Lipinski definition) is 0. The molecule has 2 unspecified atom stereocenters. The molecule has 1 heteroatoms. The molecule has 3 rings (SSSR count). The Morgan fingerprint density at radius 3 is 1.12 bits per heavy atom. The molecule has 0 aromatic heterocycles. The normalized spacial score (nSPS) is 30.0. The van der Waals surface area contributed by atoms with Gasteiger partial charge in [-0.1, -0.05) is 0 Å². The summed E-state index contributed by atoms with van der Waals surface area (Å²) in [6.45, 7) is 24.1. The zero-order valence-corrected chi connectivity index (χ0v) is 20.2. The van der Waals surface area contributed by atoms with E-state index in [0.717, 1.165) is 0 Å². The van der Waals surface area contributed by atoms with Crippen LogP contribution in [0, 0.1) is 11.8 Å². The molecule has 2 atom stereocenters. The van der Waals surface area contributed by atoms with Crippen molar-refractivity contribution in [3.63, 3.8) is 0 Å². The van der Waals surface area contributed by atoms with Crippen LogP contribution >= 0.6 is 0 Å². The van der Waals surface area contributed by atoms with Gasteiger partial charge in [0.2, 0.25) is 0 Å². The van der Waals surface area contributed by atoms with Crippen LogP contribution in [-0.4, -0.2) is 13.3 Å². The van der Waals surface area contributed by atoms with Crippen molar-refractivity contribution < 1.29 is 0 Å². The average Bonchev–Trinajstić information content (AvgIpc) is 3.03. The molecule has 3 aliphatic rings. The van der Waals surface area contributed by atoms with Gasteiger partial charge in [-0.05, 0) is 0 Å². The number of allylic oxidation sites excluding steroid dienone is 10. The van der Waals surface area contributed by atoms with Crippen molar-refractivity contribution in [2.45, 2.75) is 79.7 Å². The molecule has 1 heterocycles. The summed E-state index contributed by atoms with van der Waals surface area (Å²) >= 11 is -2.41. The molecule has 1 aliphatic heterocycles. The van der Waals surface area contributed by atoms with Crippen LogP contribution in [-0.2, 0) is 0 Å². The third-order valence-electron chi connectivity index (χ3n) is 8.14. The second-order valence-corrected chi connectivity index (χ2v) is 17.3. The summed E-state index contributed by atoms with van der Waals surface area (Å²) in [4.78, 5) is 0. The Labute approximate surface area is 158 Å². The fourth-order valence-electron chi connectivity index (χ4n) is 5.94. The van der Waals surface area contributed by atoms with E-state index >= 15 is 0 Å². The van der Waals surface area contributed by atoms with Crippen LogP contribution in [0.3, 0.4) is 0 Å². The molecule has 2 aliphatic carbocycles. The molecule has 0 aromatic carbocycles. The summed E-state index contributed by atoms with van der Waals surface area (Å²) in [6.07, 6.45) is 0. The molecular formula is C24H36Ge. The molecule has 0 radical (unpaired) electrons. The summed E-state index contributed by atoms with van der Waals surface area (Å²) in [5, 5.41) is 2.78. The number of hydrogen-bond donors (Lipinski definition) is 0. The van der Waals surface area contributed by atoms with E-state index in [2.05, 4.69) is 69.2 Å². The van der Waals surface area contributed by atoms with Crippen LogP contribution in [0.25, 0.3) is 0 Å². The van der Waals surface area contributed by atoms with Gasteiger partial charge in [0.25, 0.3) is 0 Å². The molecular weight excluding hydrogens is 361 g/mol. The zero-order valence-electron chi connectivity index (χ0n) is 18.1. The Morgan fingerprint density at radius 1 is 0.560 bits per heavy atom. The third kappa shape index (κ3) is 2.46. The Bertz CT molecular complexity index is 739. The maximum absolute atomic E-state index is 2.44. The van der Waals surface area contributed by atoms with Gasteiger partial charge in [0.15, 0.2) is 0 Å². The Morgan fingerprint density at radius 2 is 0.880 bits per heavy atom. The standard InChI is InChI=1S/C24H36Ge/c1-13-11-25(12-14(13)2,23-19(7)15(3)16(4)20(23)8)24-21(9)17(5)18(6)22(24)10/h15,17H,11-12H2,1-10H3. The summed E-state index contributed by atoms with van der Waals surface area (Å²) in [7, 11) is 0. The van der Waals surface area contributed by atoms with E-state index in [9.17, 15) is 0 Å². The van der Waals surface area contributed by atoms with Gasteiger partial charge in [0.1, 0.15) is 0 Å². The molecule has 0 amide bonds. The monoisotopic (exact) mass is 398 g/mol. The van der Waals surface area contributed by atoms with Crippen molar-refractivity contribution >= 4 is 13.3 Å². The van der Waals surface area contributed by atoms with E-state index in [0.29, 0.717) is 11.8 Å². The topological polar surface area (TPSA) is 0 Å². The summed E-state index contributed by atoms with van der Waals surface area (Å²) < 4.78 is 3.72. The van der Waals surface area contributed by atoms with Gasteiger partial charge in [0.05, 0.1) is 0 Å². The molecule has 136 valence electrons. The maximum atomic E-state index is 2.44. The molecule has 0 saturated heterocycles. The predicted molar refractivity (Wildman–Crippen MR) is 114 cm³/mol. The van der Waals surface area contributed by atoms with Crippen molar-refractivity contribution in [3.05, 3.63) is 53.4 Å². The second kappa shape index (κ2) is 6.15. The Hall–Kier alpha value is -0.757. The van der Waals surface area contributed by atoms with Crippen LogP contribution in [0.5, 0.6) is 0 Å². The molecule has 0 fully saturated rings. The molecule has 0 spiro atoms. The molecule has 0 bridgehead atoms. The van der Waals surface area contributed by atoms with E-state index in [4.69, 9.17) is 0 Å². The molecule has 0 nitrogen and oxygen atoms in total. The summed E-state index contributed by atoms with van der Waals surface area (Å²) in [5.74, 6) is 1.28. The van der Waals surface area contributed by atoms with E-state index in [-0.39, 0.29) is 0 Å². The van der Waals surface area contributed by atoms with Gasteiger partial charge in [-0.25, -0.2) is 0 Å². The van der Waals surface area contributed by atoms with Crippen LogP contribution < -0.4 is 0 Å². The van der Waals surface area contributed by atoms with Crippen molar-refractivity contribution in [2.75, 3.05) is 0 Å². The van der Waals surface area contributed by atoms with Crippen LogP contribution in [0.4, 0.5) is 0 Å². The first kappa shape index (κ1) is 19.0. The Kier molecular flexibility index (Phi) is 4.68. The molecule has 0 saturated carbocycles.